The lowest BCUT2D eigenvalue weighted by atomic mass is 9.90. The molecular weight excluding hydrogens is 288 g/mol. The van der Waals surface area contributed by atoms with Crippen molar-refractivity contribution < 1.29 is 9.59 Å². The van der Waals surface area contributed by atoms with Gasteiger partial charge < -0.3 is 10.2 Å². The fraction of sp³-hybridized carbons (Fsp3) is 0.500. The minimum absolute atomic E-state index is 0.0118. The van der Waals surface area contributed by atoms with E-state index < -0.39 is 6.04 Å². The van der Waals surface area contributed by atoms with Gasteiger partial charge in [-0.15, -0.1) is 0 Å². The van der Waals surface area contributed by atoms with Gasteiger partial charge in [-0.05, 0) is 11.5 Å². The Hall–Kier alpha value is -1.55. The number of hydrogen-bond donors (Lipinski definition) is 1. The lowest BCUT2D eigenvalue weighted by molar-refractivity contribution is -0.144. The van der Waals surface area contributed by atoms with Crippen molar-refractivity contribution in [2.45, 2.75) is 33.2 Å². The summed E-state index contributed by atoms with van der Waals surface area (Å²) >= 11 is 6.21. The third-order valence-corrected chi connectivity index (χ3v) is 3.76. The Labute approximate surface area is 130 Å². The number of rotatable bonds is 2. The molecule has 2 rings (SSSR count). The van der Waals surface area contributed by atoms with Crippen LogP contribution < -0.4 is 5.32 Å². The van der Waals surface area contributed by atoms with Crippen molar-refractivity contribution >= 4 is 23.4 Å². The lowest BCUT2D eigenvalue weighted by Crippen LogP contribution is -2.52. The van der Waals surface area contributed by atoms with Crippen molar-refractivity contribution in [3.8, 4) is 0 Å². The maximum absolute atomic E-state index is 12.6. The first-order valence-electron chi connectivity index (χ1n) is 7.11. The summed E-state index contributed by atoms with van der Waals surface area (Å²) in [6.45, 7) is 7.03. The van der Waals surface area contributed by atoms with Crippen LogP contribution in [-0.2, 0) is 9.59 Å². The number of hydrogen-bond acceptors (Lipinski definition) is 2. The van der Waals surface area contributed by atoms with Gasteiger partial charge in [-0.2, -0.15) is 0 Å². The minimum atomic E-state index is -0.637. The molecule has 0 saturated carbocycles. The van der Waals surface area contributed by atoms with E-state index in [9.17, 15) is 9.59 Å². The normalized spacial score (nSPS) is 19.3. The lowest BCUT2D eigenvalue weighted by Gasteiger charge is -2.37. The number of carbonyl (C=O) groups is 2. The average Bonchev–Trinajstić information content (AvgIpc) is 2.37. The van der Waals surface area contributed by atoms with E-state index in [4.69, 9.17) is 11.6 Å². The second-order valence-corrected chi connectivity index (χ2v) is 6.95. The van der Waals surface area contributed by atoms with Gasteiger partial charge in [0.05, 0.1) is 0 Å². The molecule has 1 unspecified atom stereocenters. The van der Waals surface area contributed by atoms with Crippen LogP contribution in [0.15, 0.2) is 24.3 Å². The summed E-state index contributed by atoms with van der Waals surface area (Å²) in [7, 11) is 0. The number of carbonyl (C=O) groups excluding carboxylic acids is 2. The Bertz CT molecular complexity index is 551. The molecule has 1 aromatic carbocycles. The molecule has 1 atom stereocenters. The molecule has 2 amide bonds. The van der Waals surface area contributed by atoms with Crippen molar-refractivity contribution in [3.05, 3.63) is 34.9 Å². The smallest absolute Gasteiger partial charge is 0.247 e. The van der Waals surface area contributed by atoms with E-state index in [1.807, 2.05) is 32.9 Å². The molecule has 0 spiro atoms. The highest BCUT2D eigenvalue weighted by Crippen LogP contribution is 2.31. The Balaban J connectivity index is 2.32. The Morgan fingerprint density at radius 1 is 1.38 bits per heavy atom. The van der Waals surface area contributed by atoms with Crippen LogP contribution >= 0.6 is 11.6 Å². The predicted molar refractivity (Wildman–Crippen MR) is 83.0 cm³/mol. The van der Waals surface area contributed by atoms with Crippen molar-refractivity contribution in [2.24, 2.45) is 5.41 Å². The molecule has 1 aliphatic rings. The fourth-order valence-electron chi connectivity index (χ4n) is 2.50. The van der Waals surface area contributed by atoms with E-state index in [0.717, 1.165) is 0 Å². The number of piperazine rings is 1. The van der Waals surface area contributed by atoms with Crippen molar-refractivity contribution in [2.75, 3.05) is 13.1 Å². The van der Waals surface area contributed by atoms with Crippen molar-refractivity contribution in [1.82, 2.24) is 10.2 Å². The first-order valence-corrected chi connectivity index (χ1v) is 7.49. The third kappa shape index (κ3) is 3.76. The molecule has 1 aromatic rings. The SMILES string of the molecule is CC(C)(C)CC(=O)N1CCNC(=O)C1c1ccccc1Cl. The van der Waals surface area contributed by atoms with Gasteiger partial charge in [0.15, 0.2) is 0 Å². The van der Waals surface area contributed by atoms with Crippen LogP contribution in [-0.4, -0.2) is 29.8 Å². The van der Waals surface area contributed by atoms with E-state index in [-0.39, 0.29) is 17.2 Å². The molecular formula is C16H21ClN2O2. The van der Waals surface area contributed by atoms with Crippen LogP contribution in [0.3, 0.4) is 0 Å². The second-order valence-electron chi connectivity index (χ2n) is 6.54. The van der Waals surface area contributed by atoms with Gasteiger partial charge in [0.25, 0.3) is 0 Å². The molecule has 1 aliphatic heterocycles. The van der Waals surface area contributed by atoms with Crippen LogP contribution in [0, 0.1) is 5.41 Å². The fourth-order valence-corrected chi connectivity index (χ4v) is 2.74. The Morgan fingerprint density at radius 2 is 2.05 bits per heavy atom. The zero-order valence-electron chi connectivity index (χ0n) is 12.6. The number of benzene rings is 1. The first-order chi connectivity index (χ1) is 9.79. The van der Waals surface area contributed by atoms with Gasteiger partial charge in [-0.3, -0.25) is 9.59 Å². The molecule has 0 aliphatic carbocycles. The van der Waals surface area contributed by atoms with Gasteiger partial charge in [-0.25, -0.2) is 0 Å². The molecule has 0 bridgehead atoms. The molecule has 21 heavy (non-hydrogen) atoms. The molecule has 1 saturated heterocycles. The summed E-state index contributed by atoms with van der Waals surface area (Å²) in [5.41, 5.74) is 0.564. The Morgan fingerprint density at radius 3 is 2.67 bits per heavy atom. The molecule has 114 valence electrons. The summed E-state index contributed by atoms with van der Waals surface area (Å²) in [6, 6.07) is 6.55. The molecule has 5 heteroatoms. The zero-order chi connectivity index (χ0) is 15.6. The van der Waals surface area contributed by atoms with E-state index in [0.29, 0.717) is 30.1 Å². The van der Waals surface area contributed by atoms with Gasteiger partial charge >= 0.3 is 0 Å². The number of halogens is 1. The summed E-state index contributed by atoms with van der Waals surface area (Å²) in [5.74, 6) is -0.182. The van der Waals surface area contributed by atoms with E-state index in [2.05, 4.69) is 5.32 Å². The van der Waals surface area contributed by atoms with Crippen LogP contribution in [0.25, 0.3) is 0 Å². The highest BCUT2D eigenvalue weighted by Gasteiger charge is 2.36. The molecule has 1 heterocycles. The first kappa shape index (κ1) is 15.8. The summed E-state index contributed by atoms with van der Waals surface area (Å²) < 4.78 is 0. The van der Waals surface area contributed by atoms with Gasteiger partial charge in [0.1, 0.15) is 6.04 Å². The summed E-state index contributed by atoms with van der Waals surface area (Å²) in [5, 5.41) is 3.32. The average molecular weight is 309 g/mol. The van der Waals surface area contributed by atoms with E-state index in [1.54, 1.807) is 17.0 Å². The largest absolute Gasteiger partial charge is 0.352 e. The van der Waals surface area contributed by atoms with Crippen molar-refractivity contribution in [1.29, 1.82) is 0 Å². The monoisotopic (exact) mass is 308 g/mol. The highest BCUT2D eigenvalue weighted by atomic mass is 35.5. The molecule has 4 nitrogen and oxygen atoms in total. The molecule has 0 aromatic heterocycles. The zero-order valence-corrected chi connectivity index (χ0v) is 13.4. The standard InChI is InChI=1S/C16H21ClN2O2/c1-16(2,3)10-13(20)19-9-8-18-15(21)14(19)11-6-4-5-7-12(11)17/h4-7,14H,8-10H2,1-3H3,(H,18,21). The van der Waals surface area contributed by atoms with Crippen LogP contribution in [0.5, 0.6) is 0 Å². The third-order valence-electron chi connectivity index (χ3n) is 3.41. The summed E-state index contributed by atoms with van der Waals surface area (Å²) in [6.07, 6.45) is 0.404. The number of nitrogens with zero attached hydrogens (tertiary/aromatic N) is 1. The predicted octanol–water partition coefficient (Wildman–Crippen LogP) is 2.78. The maximum atomic E-state index is 12.6. The Kier molecular flexibility index (Phi) is 4.57. The second kappa shape index (κ2) is 6.06. The van der Waals surface area contributed by atoms with Gasteiger partial charge in [0, 0.05) is 30.1 Å². The van der Waals surface area contributed by atoms with Crippen LogP contribution in [0.4, 0.5) is 0 Å². The number of nitrogens with one attached hydrogen (secondary N) is 1. The van der Waals surface area contributed by atoms with Gasteiger partial charge in [0.2, 0.25) is 11.8 Å². The highest BCUT2D eigenvalue weighted by molar-refractivity contribution is 6.31. The molecule has 1 N–H and O–H groups in total. The number of amides is 2. The van der Waals surface area contributed by atoms with E-state index >= 15 is 0 Å². The topological polar surface area (TPSA) is 49.4 Å². The van der Waals surface area contributed by atoms with Gasteiger partial charge in [-0.1, -0.05) is 50.6 Å². The molecule has 1 fully saturated rings. The van der Waals surface area contributed by atoms with Crippen LogP contribution in [0.2, 0.25) is 5.02 Å². The maximum Gasteiger partial charge on any atom is 0.247 e. The van der Waals surface area contributed by atoms with Crippen LogP contribution in [0.1, 0.15) is 38.8 Å². The van der Waals surface area contributed by atoms with Crippen molar-refractivity contribution in [3.63, 3.8) is 0 Å². The summed E-state index contributed by atoms with van der Waals surface area (Å²) in [4.78, 5) is 26.5. The van der Waals surface area contributed by atoms with E-state index in [1.165, 1.54) is 0 Å². The minimum Gasteiger partial charge on any atom is -0.352 e. The molecule has 0 radical (unpaired) electrons. The quantitative estimate of drug-likeness (QED) is 0.913.